The van der Waals surface area contributed by atoms with Crippen LogP contribution in [-0.4, -0.2) is 14.8 Å². The third-order valence-electron chi connectivity index (χ3n) is 3.60. The molecule has 1 fully saturated rings. The van der Waals surface area contributed by atoms with Gasteiger partial charge in [-0.3, -0.25) is 4.68 Å². The molecule has 2 rings (SSSR count). The molecule has 0 amide bonds. The molecule has 1 saturated carbocycles. The van der Waals surface area contributed by atoms with E-state index in [0.717, 1.165) is 25.1 Å². The van der Waals surface area contributed by atoms with Gasteiger partial charge in [0.15, 0.2) is 0 Å². The Kier molecular flexibility index (Phi) is 3.23. The summed E-state index contributed by atoms with van der Waals surface area (Å²) in [5, 5.41) is 13.5. The second kappa shape index (κ2) is 4.65. The summed E-state index contributed by atoms with van der Waals surface area (Å²) in [4.78, 5) is 4.23. The van der Waals surface area contributed by atoms with E-state index >= 15 is 0 Å². The summed E-state index contributed by atoms with van der Waals surface area (Å²) in [6.07, 6.45) is 9.21. The first kappa shape index (κ1) is 11.1. The topological polar surface area (TPSA) is 54.5 Å². The van der Waals surface area contributed by atoms with Crippen molar-refractivity contribution in [3.63, 3.8) is 0 Å². The minimum atomic E-state index is -0.197. The van der Waals surface area contributed by atoms with Gasteiger partial charge < -0.3 is 0 Å². The Labute approximate surface area is 96.3 Å². The largest absolute Gasteiger partial charge is 0.253 e. The van der Waals surface area contributed by atoms with E-state index in [1.807, 2.05) is 7.05 Å². The molecule has 16 heavy (non-hydrogen) atoms. The van der Waals surface area contributed by atoms with Crippen molar-refractivity contribution in [1.82, 2.24) is 14.8 Å². The van der Waals surface area contributed by atoms with E-state index in [1.54, 1.807) is 11.0 Å². The second-order valence-electron chi connectivity index (χ2n) is 4.78. The van der Waals surface area contributed by atoms with E-state index in [2.05, 4.69) is 16.2 Å². The van der Waals surface area contributed by atoms with Crippen molar-refractivity contribution in [2.75, 3.05) is 0 Å². The van der Waals surface area contributed by atoms with Gasteiger partial charge in [-0.1, -0.05) is 25.7 Å². The number of aromatic nitrogens is 3. The molecule has 0 atom stereocenters. The van der Waals surface area contributed by atoms with Gasteiger partial charge in [0.25, 0.3) is 0 Å². The van der Waals surface area contributed by atoms with E-state index in [0.29, 0.717) is 0 Å². The Morgan fingerprint density at radius 2 is 2.06 bits per heavy atom. The van der Waals surface area contributed by atoms with Gasteiger partial charge in [-0.05, 0) is 12.8 Å². The fraction of sp³-hybridized carbons (Fsp3) is 0.750. The Morgan fingerprint density at radius 3 is 2.56 bits per heavy atom. The molecule has 0 aliphatic heterocycles. The Bertz CT molecular complexity index is 380. The van der Waals surface area contributed by atoms with Gasteiger partial charge in [-0.2, -0.15) is 10.4 Å². The van der Waals surface area contributed by atoms with Crippen molar-refractivity contribution in [2.45, 2.75) is 44.9 Å². The van der Waals surface area contributed by atoms with E-state index in [1.165, 1.54) is 25.7 Å². The van der Waals surface area contributed by atoms with Crippen LogP contribution in [0.25, 0.3) is 0 Å². The third kappa shape index (κ3) is 2.24. The van der Waals surface area contributed by atoms with Gasteiger partial charge in [0.2, 0.25) is 0 Å². The Hall–Kier alpha value is -1.37. The number of hydrogen-bond donors (Lipinski definition) is 0. The van der Waals surface area contributed by atoms with Gasteiger partial charge in [0.05, 0.1) is 11.5 Å². The Balaban J connectivity index is 2.15. The molecule has 4 heteroatoms. The number of nitriles is 1. The zero-order chi connectivity index (χ0) is 11.4. The SMILES string of the molecule is Cn1ncnc1CC1(C#N)CCCCCC1. The van der Waals surface area contributed by atoms with E-state index in [-0.39, 0.29) is 5.41 Å². The lowest BCUT2D eigenvalue weighted by molar-refractivity contribution is 0.327. The molecule has 0 N–H and O–H groups in total. The average Bonchev–Trinajstić information content (AvgIpc) is 2.56. The number of rotatable bonds is 2. The van der Waals surface area contributed by atoms with E-state index in [9.17, 15) is 5.26 Å². The molecule has 1 aromatic rings. The maximum atomic E-state index is 9.45. The highest BCUT2D eigenvalue weighted by molar-refractivity contribution is 5.05. The second-order valence-corrected chi connectivity index (χ2v) is 4.78. The van der Waals surface area contributed by atoms with Gasteiger partial charge in [0, 0.05) is 13.5 Å². The first-order chi connectivity index (χ1) is 7.76. The van der Waals surface area contributed by atoms with Gasteiger partial charge >= 0.3 is 0 Å². The fourth-order valence-corrected chi connectivity index (χ4v) is 2.52. The van der Waals surface area contributed by atoms with Crippen LogP contribution >= 0.6 is 0 Å². The molecule has 0 saturated heterocycles. The molecule has 1 aliphatic rings. The molecule has 0 aromatic carbocycles. The van der Waals surface area contributed by atoms with Crippen LogP contribution in [0.1, 0.15) is 44.3 Å². The van der Waals surface area contributed by atoms with Crippen LogP contribution in [0.15, 0.2) is 6.33 Å². The minimum absolute atomic E-state index is 0.197. The smallest absolute Gasteiger partial charge is 0.138 e. The monoisotopic (exact) mass is 218 g/mol. The Morgan fingerprint density at radius 1 is 1.38 bits per heavy atom. The van der Waals surface area contributed by atoms with Crippen molar-refractivity contribution < 1.29 is 0 Å². The van der Waals surface area contributed by atoms with Crippen LogP contribution in [0.5, 0.6) is 0 Å². The quantitative estimate of drug-likeness (QED) is 0.715. The number of nitrogens with zero attached hydrogens (tertiary/aromatic N) is 4. The van der Waals surface area contributed by atoms with E-state index < -0.39 is 0 Å². The van der Waals surface area contributed by atoms with Crippen molar-refractivity contribution in [3.8, 4) is 6.07 Å². The molecule has 0 unspecified atom stereocenters. The molecule has 0 bridgehead atoms. The summed E-state index contributed by atoms with van der Waals surface area (Å²) in [6.45, 7) is 0. The lowest BCUT2D eigenvalue weighted by atomic mass is 9.78. The predicted molar refractivity (Wildman–Crippen MR) is 60.5 cm³/mol. The first-order valence-corrected chi connectivity index (χ1v) is 6.00. The standard InChI is InChI=1S/C12H18N4/c1-16-11(14-10-15-16)8-12(9-13)6-4-2-3-5-7-12/h10H,2-8H2,1H3. The zero-order valence-corrected chi connectivity index (χ0v) is 9.82. The van der Waals surface area contributed by atoms with Crippen molar-refractivity contribution in [2.24, 2.45) is 12.5 Å². The maximum Gasteiger partial charge on any atom is 0.138 e. The lowest BCUT2D eigenvalue weighted by Crippen LogP contribution is -2.23. The summed E-state index contributed by atoms with van der Waals surface area (Å²) in [7, 11) is 1.89. The van der Waals surface area contributed by atoms with Crippen molar-refractivity contribution >= 4 is 0 Å². The average molecular weight is 218 g/mol. The molecule has 4 nitrogen and oxygen atoms in total. The van der Waals surface area contributed by atoms with Gasteiger partial charge in [-0.25, -0.2) is 4.98 Å². The van der Waals surface area contributed by atoms with Crippen LogP contribution in [0, 0.1) is 16.7 Å². The summed E-state index contributed by atoms with van der Waals surface area (Å²) in [5.74, 6) is 0.934. The molecule has 86 valence electrons. The molecular formula is C12H18N4. The molecule has 1 aliphatic carbocycles. The van der Waals surface area contributed by atoms with Crippen LogP contribution in [0.3, 0.4) is 0 Å². The van der Waals surface area contributed by atoms with Crippen LogP contribution in [0.4, 0.5) is 0 Å². The highest BCUT2D eigenvalue weighted by Gasteiger charge is 2.32. The molecule has 1 aromatic heterocycles. The fourth-order valence-electron chi connectivity index (χ4n) is 2.52. The summed E-state index contributed by atoms with van der Waals surface area (Å²) < 4.78 is 1.78. The summed E-state index contributed by atoms with van der Waals surface area (Å²) in [5.41, 5.74) is -0.197. The number of aryl methyl sites for hydroxylation is 1. The van der Waals surface area contributed by atoms with Crippen LogP contribution < -0.4 is 0 Å². The van der Waals surface area contributed by atoms with E-state index in [4.69, 9.17) is 0 Å². The van der Waals surface area contributed by atoms with Crippen LogP contribution in [0.2, 0.25) is 0 Å². The van der Waals surface area contributed by atoms with Crippen molar-refractivity contribution in [3.05, 3.63) is 12.2 Å². The zero-order valence-electron chi connectivity index (χ0n) is 9.82. The lowest BCUT2D eigenvalue weighted by Gasteiger charge is -2.23. The molecule has 0 radical (unpaired) electrons. The number of hydrogen-bond acceptors (Lipinski definition) is 3. The maximum absolute atomic E-state index is 9.45. The highest BCUT2D eigenvalue weighted by atomic mass is 15.3. The normalized spacial score (nSPS) is 20.0. The summed E-state index contributed by atoms with van der Waals surface area (Å²) in [6, 6.07) is 2.54. The molecule has 0 spiro atoms. The minimum Gasteiger partial charge on any atom is -0.253 e. The molecular weight excluding hydrogens is 200 g/mol. The molecule has 1 heterocycles. The van der Waals surface area contributed by atoms with Crippen LogP contribution in [-0.2, 0) is 13.5 Å². The first-order valence-electron chi connectivity index (χ1n) is 6.00. The van der Waals surface area contributed by atoms with Gasteiger partial charge in [-0.15, -0.1) is 0 Å². The third-order valence-corrected chi connectivity index (χ3v) is 3.60. The highest BCUT2D eigenvalue weighted by Crippen LogP contribution is 2.36. The predicted octanol–water partition coefficient (Wildman–Crippen LogP) is 2.22. The summed E-state index contributed by atoms with van der Waals surface area (Å²) >= 11 is 0. The van der Waals surface area contributed by atoms with Gasteiger partial charge in [0.1, 0.15) is 12.2 Å². The van der Waals surface area contributed by atoms with Crippen molar-refractivity contribution in [1.29, 1.82) is 5.26 Å².